The molecule has 1 amide bonds. The van der Waals surface area contributed by atoms with E-state index in [1.54, 1.807) is 32.3 Å². The number of benzene rings is 1. The minimum absolute atomic E-state index is 0.00472. The van der Waals surface area contributed by atoms with Crippen LogP contribution in [0.4, 0.5) is 29.1 Å². The van der Waals surface area contributed by atoms with E-state index in [0.717, 1.165) is 24.2 Å². The van der Waals surface area contributed by atoms with Crippen molar-refractivity contribution in [3.8, 4) is 0 Å². The number of likely N-dealkylation sites (N-methyl/N-ethyl adjacent to an activating group) is 1. The monoisotopic (exact) mass is 702 g/mol. The van der Waals surface area contributed by atoms with E-state index < -0.39 is 23.5 Å². The van der Waals surface area contributed by atoms with Crippen LogP contribution in [-0.4, -0.2) is 66.0 Å². The largest absolute Gasteiger partial charge is 0.419 e. The van der Waals surface area contributed by atoms with Crippen molar-refractivity contribution in [2.45, 2.75) is 60.7 Å². The molecule has 50 heavy (non-hydrogen) atoms. The van der Waals surface area contributed by atoms with Crippen molar-refractivity contribution >= 4 is 23.5 Å². The number of hydrazine groups is 1. The highest BCUT2D eigenvalue weighted by molar-refractivity contribution is 6.03. The lowest BCUT2D eigenvalue weighted by molar-refractivity contribution is -0.140. The molecule has 0 aliphatic carbocycles. The number of hydrogen-bond donors (Lipinski definition) is 4. The van der Waals surface area contributed by atoms with E-state index in [1.165, 1.54) is 30.3 Å². The lowest BCUT2D eigenvalue weighted by Gasteiger charge is -2.32. The number of anilines is 2. The van der Waals surface area contributed by atoms with Crippen LogP contribution in [0.1, 0.15) is 63.8 Å². The maximum Gasteiger partial charge on any atom is 0.419 e. The summed E-state index contributed by atoms with van der Waals surface area (Å²) < 4.78 is 56.0. The van der Waals surface area contributed by atoms with Gasteiger partial charge in [0, 0.05) is 86.7 Å². The SMILES string of the molecule is C=Cc1cc(C/C(N)=C/N(N)C(=C)/C(C)=C\C=C(/C)C(=O)Nc2cc(CN3CCN(C)CC3)c(F)c(C(F)(F)F)c2)cnc1NC.CC.CC. The molecule has 6 N–H and O–H groups in total. The summed E-state index contributed by atoms with van der Waals surface area (Å²) in [6.45, 7) is 21.6. The lowest BCUT2D eigenvalue weighted by atomic mass is 10.1. The molecule has 1 fully saturated rings. The number of amides is 1. The molecule has 276 valence electrons. The molecule has 1 aromatic heterocycles. The highest BCUT2D eigenvalue weighted by Gasteiger charge is 2.36. The Bertz CT molecular complexity index is 1540. The topological polar surface area (TPSA) is 116 Å². The molecule has 0 bridgehead atoms. The molecule has 13 heteroatoms. The standard InChI is InChI=1S/C33H42F4N8O.2C2H6/c1-7-25-14-24(18-41-31(25)40-5)15-27(38)20-45(39)23(4)21(2)8-9-22(3)32(46)42-28-16-26(19-44-12-10-43(6)11-13-44)30(34)29(17-28)33(35,36)37;2*1-2/h7-9,14,16-18,20H,1,4,10-13,15,19,38-39H2,2-3,5-6H3,(H,40,41)(H,42,46);2*1-2H3/b21-8-,22-9+,27-20-;;. The van der Waals surface area contributed by atoms with Crippen LogP contribution in [-0.2, 0) is 23.9 Å². The summed E-state index contributed by atoms with van der Waals surface area (Å²) >= 11 is 0. The average Bonchev–Trinajstić information content (AvgIpc) is 3.09. The molecule has 1 saturated heterocycles. The fourth-order valence-corrected chi connectivity index (χ4v) is 4.71. The number of pyridine rings is 1. The number of nitrogens with two attached hydrogens (primary N) is 2. The van der Waals surface area contributed by atoms with Crippen molar-refractivity contribution in [3.63, 3.8) is 0 Å². The molecule has 2 aromatic rings. The average molecular weight is 703 g/mol. The highest BCUT2D eigenvalue weighted by Crippen LogP contribution is 2.35. The van der Waals surface area contributed by atoms with E-state index in [-0.39, 0.29) is 23.4 Å². The third-order valence-electron chi connectivity index (χ3n) is 7.55. The summed E-state index contributed by atoms with van der Waals surface area (Å²) in [4.78, 5) is 21.2. The van der Waals surface area contributed by atoms with Gasteiger partial charge in [0.05, 0.1) is 11.3 Å². The van der Waals surface area contributed by atoms with Gasteiger partial charge in [-0.25, -0.2) is 15.2 Å². The summed E-state index contributed by atoms with van der Waals surface area (Å²) in [7, 11) is 3.71. The Hall–Kier alpha value is -4.46. The normalized spacial score (nSPS) is 14.5. The van der Waals surface area contributed by atoms with Crippen molar-refractivity contribution < 1.29 is 22.4 Å². The predicted octanol–water partition coefficient (Wildman–Crippen LogP) is 7.29. The summed E-state index contributed by atoms with van der Waals surface area (Å²) in [5.41, 5.74) is 7.82. The Morgan fingerprint density at radius 3 is 2.22 bits per heavy atom. The van der Waals surface area contributed by atoms with Gasteiger partial charge in [0.25, 0.3) is 5.91 Å². The Labute approximate surface area is 295 Å². The van der Waals surface area contributed by atoms with Crippen molar-refractivity contribution in [2.75, 3.05) is 50.9 Å². The maximum absolute atomic E-state index is 14.9. The molecule has 0 radical (unpaired) electrons. The zero-order valence-corrected chi connectivity index (χ0v) is 30.6. The number of nitrogens with zero attached hydrogens (tertiary/aromatic N) is 4. The van der Waals surface area contributed by atoms with E-state index >= 15 is 0 Å². The van der Waals surface area contributed by atoms with Crippen LogP contribution < -0.4 is 22.2 Å². The van der Waals surface area contributed by atoms with E-state index in [1.807, 2.05) is 45.7 Å². The first-order chi connectivity index (χ1) is 23.6. The van der Waals surface area contributed by atoms with Gasteiger partial charge < -0.3 is 21.3 Å². The third-order valence-corrected chi connectivity index (χ3v) is 7.55. The first kappa shape index (κ1) is 43.6. The Balaban J connectivity index is 0.00000301. The Morgan fingerprint density at radius 2 is 1.66 bits per heavy atom. The van der Waals surface area contributed by atoms with Crippen LogP contribution in [0.5, 0.6) is 0 Å². The molecular weight excluding hydrogens is 648 g/mol. The maximum atomic E-state index is 14.9. The highest BCUT2D eigenvalue weighted by atomic mass is 19.4. The number of hydrogen-bond acceptors (Lipinski definition) is 8. The molecule has 9 nitrogen and oxygen atoms in total. The second kappa shape index (κ2) is 20.9. The third kappa shape index (κ3) is 13.1. The summed E-state index contributed by atoms with van der Waals surface area (Å²) in [5.74, 6) is 4.87. The Kier molecular flexibility index (Phi) is 18.2. The molecule has 3 rings (SSSR count). The zero-order valence-electron chi connectivity index (χ0n) is 30.6. The van der Waals surface area contributed by atoms with Crippen LogP contribution in [0.15, 0.2) is 78.4 Å². The molecule has 1 aromatic carbocycles. The zero-order chi connectivity index (χ0) is 38.2. The number of aromatic nitrogens is 1. The first-order valence-electron chi connectivity index (χ1n) is 16.6. The van der Waals surface area contributed by atoms with Gasteiger partial charge in [-0.2, -0.15) is 13.2 Å². The van der Waals surface area contributed by atoms with Gasteiger partial charge >= 0.3 is 6.18 Å². The van der Waals surface area contributed by atoms with Gasteiger partial charge in [-0.05, 0) is 50.2 Å². The molecule has 0 unspecified atom stereocenters. The van der Waals surface area contributed by atoms with Crippen LogP contribution in [0.25, 0.3) is 6.08 Å². The van der Waals surface area contributed by atoms with Crippen molar-refractivity contribution in [3.05, 3.63) is 107 Å². The number of allylic oxidation sites excluding steroid dienone is 4. The quantitative estimate of drug-likeness (QED) is 0.0600. The second-order valence-corrected chi connectivity index (χ2v) is 11.2. The number of piperazine rings is 1. The lowest BCUT2D eigenvalue weighted by Crippen LogP contribution is -2.44. The van der Waals surface area contributed by atoms with Crippen LogP contribution >= 0.6 is 0 Å². The number of nitrogens with one attached hydrogen (secondary N) is 2. The van der Waals surface area contributed by atoms with E-state index in [4.69, 9.17) is 11.6 Å². The molecular formula is C37H54F4N8O. The fourth-order valence-electron chi connectivity index (χ4n) is 4.71. The number of rotatable bonds is 12. The van der Waals surface area contributed by atoms with Gasteiger partial charge in [0.2, 0.25) is 0 Å². The number of carbonyl (C=O) groups is 1. The first-order valence-corrected chi connectivity index (χ1v) is 16.6. The minimum atomic E-state index is -4.93. The number of carbonyl (C=O) groups excluding carboxylic acids is 1. The number of alkyl halides is 3. The smallest absolute Gasteiger partial charge is 0.401 e. The van der Waals surface area contributed by atoms with Crippen LogP contribution in [0.3, 0.4) is 0 Å². The summed E-state index contributed by atoms with van der Waals surface area (Å²) in [6, 6.07) is 3.78. The summed E-state index contributed by atoms with van der Waals surface area (Å²) in [5, 5.41) is 6.73. The van der Waals surface area contributed by atoms with Crippen molar-refractivity contribution in [1.29, 1.82) is 0 Å². The van der Waals surface area contributed by atoms with Crippen molar-refractivity contribution in [2.24, 2.45) is 11.6 Å². The molecule has 2 heterocycles. The van der Waals surface area contributed by atoms with E-state index in [0.29, 0.717) is 48.4 Å². The predicted molar refractivity (Wildman–Crippen MR) is 198 cm³/mol. The van der Waals surface area contributed by atoms with E-state index in [2.05, 4.69) is 33.7 Å². The van der Waals surface area contributed by atoms with Gasteiger partial charge in [0.15, 0.2) is 0 Å². The van der Waals surface area contributed by atoms with Crippen LogP contribution in [0.2, 0.25) is 0 Å². The number of halogens is 4. The summed E-state index contributed by atoms with van der Waals surface area (Å²) in [6.07, 6.45) is 3.44. The van der Waals surface area contributed by atoms with E-state index in [9.17, 15) is 22.4 Å². The van der Waals surface area contributed by atoms with Gasteiger partial charge in [-0.1, -0.05) is 59.1 Å². The van der Waals surface area contributed by atoms with Crippen LogP contribution in [0, 0.1) is 5.82 Å². The molecule has 1 aliphatic rings. The second-order valence-electron chi connectivity index (χ2n) is 11.2. The van der Waals surface area contributed by atoms with Gasteiger partial charge in [0.1, 0.15) is 11.6 Å². The minimum Gasteiger partial charge on any atom is -0.401 e. The van der Waals surface area contributed by atoms with Gasteiger partial charge in [-0.15, -0.1) is 0 Å². The molecule has 1 aliphatic heterocycles. The molecule has 0 spiro atoms. The fraction of sp³-hybridized carbons (Fsp3) is 0.405. The Morgan fingerprint density at radius 1 is 1.06 bits per heavy atom. The molecule has 0 saturated carbocycles. The van der Waals surface area contributed by atoms with Crippen molar-refractivity contribution in [1.82, 2.24) is 19.8 Å². The molecule has 0 atom stereocenters. The van der Waals surface area contributed by atoms with Gasteiger partial charge in [-0.3, -0.25) is 14.7 Å².